The smallest absolute Gasteiger partial charge is 0.246 e. The maximum Gasteiger partial charge on any atom is 0.246 e. The molecule has 2 aromatic carbocycles. The molecular formula is C27H25FN6O. The first-order valence-corrected chi connectivity index (χ1v) is 11.4. The highest BCUT2D eigenvalue weighted by atomic mass is 19.1. The fraction of sp³-hybridized carbons (Fsp3) is 0.185. The van der Waals surface area contributed by atoms with Gasteiger partial charge >= 0.3 is 0 Å². The van der Waals surface area contributed by atoms with Crippen molar-refractivity contribution in [3.8, 4) is 11.1 Å². The number of pyridine rings is 1. The summed E-state index contributed by atoms with van der Waals surface area (Å²) in [5, 5.41) is 13.1. The Balaban J connectivity index is 1.39. The Labute approximate surface area is 202 Å². The number of hydrogen-bond acceptors (Lipinski definition) is 4. The third-order valence-electron chi connectivity index (χ3n) is 6.05. The standard InChI is InChI=1S/C27H25FN6O/c1-17-25-23(21-9-5-4-6-10-21)12-13-29-27(25)34(31-17)16-24(35)30-26-18(2)32-33(19(26)3)15-20-8-7-11-22(28)14-20/h4-14H,15-16H2,1-3H3,(H,30,35). The SMILES string of the molecule is Cc1nn(Cc2cccc(F)c2)c(C)c1NC(=O)Cn1nc(C)c2c(-c3ccccc3)ccnc21. The second-order valence-electron chi connectivity index (χ2n) is 8.55. The molecule has 1 N–H and O–H groups in total. The van der Waals surface area contributed by atoms with Crippen LogP contribution in [0.15, 0.2) is 66.9 Å². The Bertz CT molecular complexity index is 1540. The molecule has 0 atom stereocenters. The van der Waals surface area contributed by atoms with Crippen LogP contribution in [0.3, 0.4) is 0 Å². The van der Waals surface area contributed by atoms with Gasteiger partial charge in [-0.2, -0.15) is 10.2 Å². The minimum atomic E-state index is -0.289. The van der Waals surface area contributed by atoms with Crippen molar-refractivity contribution in [3.05, 3.63) is 95.3 Å². The van der Waals surface area contributed by atoms with Crippen LogP contribution in [0.4, 0.5) is 10.1 Å². The lowest BCUT2D eigenvalue weighted by atomic mass is 10.0. The Morgan fingerprint density at radius 1 is 0.943 bits per heavy atom. The third kappa shape index (κ3) is 4.42. The largest absolute Gasteiger partial charge is 0.321 e. The summed E-state index contributed by atoms with van der Waals surface area (Å²) in [5.74, 6) is -0.513. The molecule has 35 heavy (non-hydrogen) atoms. The van der Waals surface area contributed by atoms with Gasteiger partial charge in [-0.05, 0) is 55.7 Å². The van der Waals surface area contributed by atoms with E-state index in [4.69, 9.17) is 0 Å². The maximum atomic E-state index is 13.6. The third-order valence-corrected chi connectivity index (χ3v) is 6.05. The summed E-state index contributed by atoms with van der Waals surface area (Å²) in [6, 6.07) is 18.4. The number of fused-ring (bicyclic) bond motifs is 1. The molecule has 3 heterocycles. The average molecular weight is 469 g/mol. The van der Waals surface area contributed by atoms with Crippen LogP contribution in [0, 0.1) is 26.6 Å². The highest BCUT2D eigenvalue weighted by Gasteiger charge is 2.18. The van der Waals surface area contributed by atoms with Crippen molar-refractivity contribution in [2.45, 2.75) is 33.9 Å². The van der Waals surface area contributed by atoms with Crippen molar-refractivity contribution in [1.29, 1.82) is 0 Å². The van der Waals surface area contributed by atoms with Crippen molar-refractivity contribution in [3.63, 3.8) is 0 Å². The second-order valence-corrected chi connectivity index (χ2v) is 8.55. The van der Waals surface area contributed by atoms with Crippen LogP contribution in [-0.2, 0) is 17.9 Å². The molecule has 0 radical (unpaired) electrons. The van der Waals surface area contributed by atoms with Crippen LogP contribution in [0.2, 0.25) is 0 Å². The first-order chi connectivity index (χ1) is 16.9. The molecule has 0 unspecified atom stereocenters. The van der Waals surface area contributed by atoms with E-state index in [9.17, 15) is 9.18 Å². The zero-order valence-electron chi connectivity index (χ0n) is 19.8. The lowest BCUT2D eigenvalue weighted by molar-refractivity contribution is -0.116. The zero-order valence-corrected chi connectivity index (χ0v) is 19.8. The summed E-state index contributed by atoms with van der Waals surface area (Å²) in [6.45, 7) is 6.08. The van der Waals surface area contributed by atoms with E-state index in [-0.39, 0.29) is 18.3 Å². The monoisotopic (exact) mass is 468 g/mol. The second kappa shape index (κ2) is 9.13. The normalized spacial score (nSPS) is 11.2. The van der Waals surface area contributed by atoms with E-state index in [0.29, 0.717) is 23.6 Å². The lowest BCUT2D eigenvalue weighted by Gasteiger charge is -2.08. The van der Waals surface area contributed by atoms with Crippen LogP contribution < -0.4 is 5.32 Å². The van der Waals surface area contributed by atoms with Gasteiger partial charge in [-0.1, -0.05) is 42.5 Å². The number of benzene rings is 2. The number of aromatic nitrogens is 5. The molecule has 176 valence electrons. The molecule has 5 rings (SSSR count). The van der Waals surface area contributed by atoms with Crippen molar-refractivity contribution in [1.82, 2.24) is 24.5 Å². The van der Waals surface area contributed by atoms with E-state index in [0.717, 1.165) is 33.5 Å². The molecule has 0 bridgehead atoms. The number of carbonyl (C=O) groups is 1. The topological polar surface area (TPSA) is 77.6 Å². The number of nitrogens with one attached hydrogen (secondary N) is 1. The fourth-order valence-corrected chi connectivity index (χ4v) is 4.41. The van der Waals surface area contributed by atoms with Gasteiger partial charge in [-0.15, -0.1) is 0 Å². The van der Waals surface area contributed by atoms with Gasteiger partial charge in [-0.3, -0.25) is 9.48 Å². The summed E-state index contributed by atoms with van der Waals surface area (Å²) in [6.07, 6.45) is 1.74. The van der Waals surface area contributed by atoms with E-state index in [2.05, 4.69) is 20.5 Å². The Kier molecular flexibility index (Phi) is 5.86. The van der Waals surface area contributed by atoms with Crippen LogP contribution in [0.5, 0.6) is 0 Å². The minimum absolute atomic E-state index is 0.0174. The average Bonchev–Trinajstić information content (AvgIpc) is 3.30. The number of rotatable bonds is 6. The molecule has 7 nitrogen and oxygen atoms in total. The predicted octanol–water partition coefficient (Wildman–Crippen LogP) is 5.05. The first-order valence-electron chi connectivity index (χ1n) is 11.4. The molecule has 0 aliphatic heterocycles. The van der Waals surface area contributed by atoms with Crippen molar-refractivity contribution in [2.24, 2.45) is 0 Å². The van der Waals surface area contributed by atoms with Gasteiger partial charge in [-0.25, -0.2) is 14.1 Å². The lowest BCUT2D eigenvalue weighted by Crippen LogP contribution is -2.20. The van der Waals surface area contributed by atoms with E-state index in [1.165, 1.54) is 12.1 Å². The fourth-order valence-electron chi connectivity index (χ4n) is 4.41. The molecule has 0 aliphatic rings. The highest BCUT2D eigenvalue weighted by molar-refractivity contribution is 5.96. The molecular weight excluding hydrogens is 443 g/mol. The van der Waals surface area contributed by atoms with Gasteiger partial charge in [0.05, 0.1) is 29.3 Å². The number of aryl methyl sites for hydroxylation is 2. The summed E-state index contributed by atoms with van der Waals surface area (Å²) < 4.78 is 17.0. The number of amides is 1. The van der Waals surface area contributed by atoms with Gasteiger partial charge in [0.1, 0.15) is 12.4 Å². The molecule has 0 fully saturated rings. The van der Waals surface area contributed by atoms with Gasteiger partial charge in [0.25, 0.3) is 0 Å². The number of halogens is 1. The van der Waals surface area contributed by atoms with E-state index in [1.807, 2.05) is 63.2 Å². The van der Waals surface area contributed by atoms with E-state index < -0.39 is 0 Å². The molecule has 0 saturated carbocycles. The molecule has 5 aromatic rings. The Morgan fingerprint density at radius 2 is 1.71 bits per heavy atom. The van der Waals surface area contributed by atoms with Crippen LogP contribution in [0.1, 0.15) is 22.6 Å². The minimum Gasteiger partial charge on any atom is -0.321 e. The predicted molar refractivity (Wildman–Crippen MR) is 134 cm³/mol. The van der Waals surface area contributed by atoms with E-state index in [1.54, 1.807) is 21.6 Å². The summed E-state index contributed by atoms with van der Waals surface area (Å²) >= 11 is 0. The van der Waals surface area contributed by atoms with Crippen LogP contribution in [0.25, 0.3) is 22.2 Å². The number of anilines is 1. The Morgan fingerprint density at radius 3 is 2.49 bits per heavy atom. The molecule has 8 heteroatoms. The van der Waals surface area contributed by atoms with Crippen molar-refractivity contribution in [2.75, 3.05) is 5.32 Å². The molecule has 0 spiro atoms. The van der Waals surface area contributed by atoms with Crippen LogP contribution in [-0.4, -0.2) is 30.5 Å². The number of hydrogen-bond donors (Lipinski definition) is 1. The van der Waals surface area contributed by atoms with Gasteiger partial charge in [0.2, 0.25) is 5.91 Å². The summed E-state index contributed by atoms with van der Waals surface area (Å²) in [7, 11) is 0. The number of carbonyl (C=O) groups excluding carboxylic acids is 1. The van der Waals surface area contributed by atoms with Crippen molar-refractivity contribution >= 4 is 22.6 Å². The van der Waals surface area contributed by atoms with Crippen molar-refractivity contribution < 1.29 is 9.18 Å². The quantitative estimate of drug-likeness (QED) is 0.379. The van der Waals surface area contributed by atoms with Gasteiger partial charge < -0.3 is 5.32 Å². The van der Waals surface area contributed by atoms with Crippen LogP contribution >= 0.6 is 0 Å². The van der Waals surface area contributed by atoms with Gasteiger partial charge in [0, 0.05) is 11.6 Å². The molecule has 1 amide bonds. The first kappa shape index (κ1) is 22.5. The molecule has 0 aliphatic carbocycles. The Hall–Kier alpha value is -4.33. The summed E-state index contributed by atoms with van der Waals surface area (Å²) in [4.78, 5) is 17.5. The highest BCUT2D eigenvalue weighted by Crippen LogP contribution is 2.29. The zero-order chi connectivity index (χ0) is 24.5. The van der Waals surface area contributed by atoms with Gasteiger partial charge in [0.15, 0.2) is 5.65 Å². The van der Waals surface area contributed by atoms with E-state index >= 15 is 0 Å². The summed E-state index contributed by atoms with van der Waals surface area (Å²) in [5.41, 5.74) is 6.52. The molecule has 3 aromatic heterocycles. The maximum absolute atomic E-state index is 13.6. The molecule has 0 saturated heterocycles. The number of nitrogens with zero attached hydrogens (tertiary/aromatic N) is 5.